The molecule has 2 atom stereocenters. The van der Waals surface area contributed by atoms with Crippen LogP contribution >= 0.6 is 11.6 Å². The molecule has 30 heavy (non-hydrogen) atoms. The highest BCUT2D eigenvalue weighted by atomic mass is 35.5. The molecule has 1 aliphatic rings. The molecule has 3 rings (SSSR count). The molecular weight excluding hydrogens is 435 g/mol. The van der Waals surface area contributed by atoms with Gasteiger partial charge in [0.2, 0.25) is 21.4 Å². The Morgan fingerprint density at radius 2 is 1.97 bits per heavy atom. The number of nitrogens with two attached hydrogens (primary N) is 1. The fraction of sp³-hybridized carbons (Fsp3) is 0.263. The fourth-order valence-corrected chi connectivity index (χ4v) is 4.88. The molecule has 0 spiro atoms. The number of hydrogen-bond acceptors (Lipinski definition) is 5. The number of rotatable bonds is 5. The van der Waals surface area contributed by atoms with Crippen molar-refractivity contribution >= 4 is 33.0 Å². The number of benzene rings is 2. The summed E-state index contributed by atoms with van der Waals surface area (Å²) in [5.74, 6) is -0.784. The fourth-order valence-electron chi connectivity index (χ4n) is 3.10. The van der Waals surface area contributed by atoms with Crippen molar-refractivity contribution in [2.45, 2.75) is 16.6 Å². The molecule has 1 heterocycles. The van der Waals surface area contributed by atoms with Crippen LogP contribution in [0.3, 0.4) is 0 Å². The minimum absolute atomic E-state index is 0.0179. The predicted molar refractivity (Wildman–Crippen MR) is 108 cm³/mol. The molecule has 0 bridgehead atoms. The highest BCUT2D eigenvalue weighted by molar-refractivity contribution is 7.89. The van der Waals surface area contributed by atoms with Gasteiger partial charge in [0.15, 0.2) is 0 Å². The van der Waals surface area contributed by atoms with Crippen LogP contribution in [0, 0.1) is 19.0 Å². The predicted octanol–water partition coefficient (Wildman–Crippen LogP) is 2.72. The molecule has 0 amide bonds. The summed E-state index contributed by atoms with van der Waals surface area (Å²) >= 11 is 5.84. The molecule has 1 saturated heterocycles. The number of sulfonamides is 1. The molecular formula is C19H16ClFN4O4S. The second-order valence-corrected chi connectivity index (χ2v) is 9.00. The third kappa shape index (κ3) is 3.97. The van der Waals surface area contributed by atoms with E-state index in [1.807, 2.05) is 0 Å². The van der Waals surface area contributed by atoms with E-state index in [-0.39, 0.29) is 46.7 Å². The van der Waals surface area contributed by atoms with Gasteiger partial charge in [-0.15, -0.1) is 0 Å². The molecule has 11 heteroatoms. The van der Waals surface area contributed by atoms with Crippen molar-refractivity contribution in [2.75, 3.05) is 19.6 Å². The van der Waals surface area contributed by atoms with Crippen molar-refractivity contribution in [1.82, 2.24) is 4.31 Å². The van der Waals surface area contributed by atoms with Crippen LogP contribution in [0.2, 0.25) is 5.02 Å². The Morgan fingerprint density at radius 1 is 1.27 bits per heavy atom. The molecule has 0 saturated carbocycles. The molecule has 0 radical (unpaired) electrons. The van der Waals surface area contributed by atoms with E-state index in [4.69, 9.17) is 35.2 Å². The first-order valence-electron chi connectivity index (χ1n) is 8.58. The summed E-state index contributed by atoms with van der Waals surface area (Å²) in [5.41, 5.74) is 3.59. The van der Waals surface area contributed by atoms with E-state index in [9.17, 15) is 17.9 Å². The second kappa shape index (κ2) is 8.19. The maximum absolute atomic E-state index is 13.9. The average molecular weight is 451 g/mol. The zero-order valence-corrected chi connectivity index (χ0v) is 17.0. The maximum atomic E-state index is 13.9. The lowest BCUT2D eigenvalue weighted by molar-refractivity contribution is -0.0200. The minimum Gasteiger partial charge on any atom is -0.486 e. The largest absolute Gasteiger partial charge is 0.486 e. The summed E-state index contributed by atoms with van der Waals surface area (Å²) in [6.07, 6.45) is -1.10. The first kappa shape index (κ1) is 22.0. The van der Waals surface area contributed by atoms with Crippen LogP contribution in [-0.4, -0.2) is 49.2 Å². The Morgan fingerprint density at radius 3 is 2.57 bits per heavy atom. The van der Waals surface area contributed by atoms with Crippen LogP contribution in [0.25, 0.3) is 9.69 Å². The third-order valence-electron chi connectivity index (χ3n) is 4.75. The van der Waals surface area contributed by atoms with Crippen molar-refractivity contribution < 1.29 is 22.7 Å². The molecule has 8 nitrogen and oxygen atoms in total. The molecule has 0 aromatic heterocycles. The standard InChI is InChI=1S/C19H16ClFN4O4S/c1-23-15-5-4-13(8-14(15)21)29-18-9-25(11-19(18,26)10-22)30(27,28)17-6-3-12(20)7-16(17)24-2/h3-8,18,26H,9-11,22H2/t18-,19-/m0/s1. The lowest BCUT2D eigenvalue weighted by Gasteiger charge is -2.27. The Bertz CT molecular complexity index is 1180. The smallest absolute Gasteiger partial charge is 0.233 e. The number of halogens is 2. The molecule has 0 aliphatic carbocycles. The van der Waals surface area contributed by atoms with Gasteiger partial charge in [0.05, 0.1) is 24.6 Å². The first-order chi connectivity index (χ1) is 14.1. The number of nitrogens with zero attached hydrogens (tertiary/aromatic N) is 3. The summed E-state index contributed by atoms with van der Waals surface area (Å²) in [6.45, 7) is 13.1. The number of aliphatic hydroxyl groups is 1. The van der Waals surface area contributed by atoms with E-state index in [0.717, 1.165) is 10.4 Å². The topological polar surface area (TPSA) is 102 Å². The van der Waals surface area contributed by atoms with Crippen molar-refractivity contribution in [3.8, 4) is 5.75 Å². The summed E-state index contributed by atoms with van der Waals surface area (Å²) in [6, 6.07) is 7.36. The normalized spacial score (nSPS) is 21.7. The average Bonchev–Trinajstić information content (AvgIpc) is 3.05. The van der Waals surface area contributed by atoms with Crippen molar-refractivity contribution in [3.63, 3.8) is 0 Å². The second-order valence-electron chi connectivity index (χ2n) is 6.66. The SMILES string of the molecule is [C-]#[N+]c1ccc(O[C@H]2CN(S(=O)(=O)c3ccc(Cl)cc3[N+]#[C-])C[C@@]2(O)CN)cc1F. The summed E-state index contributed by atoms with van der Waals surface area (Å²) in [7, 11) is -4.17. The maximum Gasteiger partial charge on any atom is 0.233 e. The van der Waals surface area contributed by atoms with Crippen molar-refractivity contribution in [3.05, 3.63) is 70.1 Å². The first-order valence-corrected chi connectivity index (χ1v) is 10.4. The van der Waals surface area contributed by atoms with E-state index in [1.54, 1.807) is 0 Å². The molecule has 2 aromatic rings. The molecule has 1 aliphatic heterocycles. The monoisotopic (exact) mass is 450 g/mol. The Balaban J connectivity index is 1.92. The number of β-amino-alcohol motifs (C(OH)–C–C–N with tert-alkyl or cyclic N) is 1. The summed E-state index contributed by atoms with van der Waals surface area (Å²) in [5, 5.41) is 11.1. The van der Waals surface area contributed by atoms with Gasteiger partial charge in [0.25, 0.3) is 0 Å². The van der Waals surface area contributed by atoms with Gasteiger partial charge in [-0.2, -0.15) is 4.31 Å². The van der Waals surface area contributed by atoms with Crippen LogP contribution in [0.4, 0.5) is 15.8 Å². The lowest BCUT2D eigenvalue weighted by atomic mass is 10.0. The third-order valence-corrected chi connectivity index (χ3v) is 6.84. The number of hydrogen-bond donors (Lipinski definition) is 2. The van der Waals surface area contributed by atoms with Crippen LogP contribution in [0.5, 0.6) is 5.75 Å². The minimum atomic E-state index is -4.17. The van der Waals surface area contributed by atoms with E-state index in [1.165, 1.54) is 30.3 Å². The molecule has 3 N–H and O–H groups in total. The molecule has 156 valence electrons. The quantitative estimate of drug-likeness (QED) is 0.682. The van der Waals surface area contributed by atoms with Gasteiger partial charge in [-0.05, 0) is 24.3 Å². The molecule has 2 aromatic carbocycles. The highest BCUT2D eigenvalue weighted by Crippen LogP contribution is 2.35. The van der Waals surface area contributed by atoms with Crippen LogP contribution < -0.4 is 10.5 Å². The van der Waals surface area contributed by atoms with Crippen molar-refractivity contribution in [1.29, 1.82) is 0 Å². The van der Waals surface area contributed by atoms with Gasteiger partial charge in [-0.25, -0.2) is 22.5 Å². The molecule has 1 fully saturated rings. The van der Waals surface area contributed by atoms with E-state index in [2.05, 4.69) is 9.69 Å². The zero-order valence-electron chi connectivity index (χ0n) is 15.4. The Labute approximate surface area is 177 Å². The van der Waals surface area contributed by atoms with E-state index in [0.29, 0.717) is 0 Å². The molecule has 0 unspecified atom stereocenters. The van der Waals surface area contributed by atoms with Crippen LogP contribution in [0.1, 0.15) is 0 Å². The Kier molecular flexibility index (Phi) is 5.99. The van der Waals surface area contributed by atoms with Gasteiger partial charge in [0.1, 0.15) is 23.3 Å². The Hall–Kier alpha value is -2.73. The van der Waals surface area contributed by atoms with Gasteiger partial charge in [0, 0.05) is 24.2 Å². The van der Waals surface area contributed by atoms with Crippen LogP contribution in [-0.2, 0) is 10.0 Å². The van der Waals surface area contributed by atoms with E-state index < -0.39 is 27.5 Å². The van der Waals surface area contributed by atoms with Gasteiger partial charge in [-0.3, -0.25) is 0 Å². The summed E-state index contributed by atoms with van der Waals surface area (Å²) < 4.78 is 46.7. The van der Waals surface area contributed by atoms with Gasteiger partial charge in [-0.1, -0.05) is 17.7 Å². The number of ether oxygens (including phenoxy) is 1. The van der Waals surface area contributed by atoms with Crippen LogP contribution in [0.15, 0.2) is 41.3 Å². The lowest BCUT2D eigenvalue weighted by Crippen LogP contribution is -2.50. The van der Waals surface area contributed by atoms with Gasteiger partial charge >= 0.3 is 0 Å². The van der Waals surface area contributed by atoms with Crippen molar-refractivity contribution in [2.24, 2.45) is 5.73 Å². The highest BCUT2D eigenvalue weighted by Gasteiger charge is 2.50. The van der Waals surface area contributed by atoms with E-state index >= 15 is 0 Å². The van der Waals surface area contributed by atoms with Gasteiger partial charge < -0.3 is 15.6 Å². The zero-order chi connectivity index (χ0) is 22.1. The summed E-state index contributed by atoms with van der Waals surface area (Å²) in [4.78, 5) is 5.98.